The van der Waals surface area contributed by atoms with Crippen molar-refractivity contribution < 1.29 is 19.4 Å². The summed E-state index contributed by atoms with van der Waals surface area (Å²) in [5.74, 6) is 0.756. The van der Waals surface area contributed by atoms with Crippen molar-refractivity contribution in [1.82, 2.24) is 0 Å². The SMILES string of the molecule is CCC(O)CSCc1ccc(C(=O)O)o1. The molecular formula is C10H14O4S. The second kappa shape index (κ2) is 5.82. The summed E-state index contributed by atoms with van der Waals surface area (Å²) >= 11 is 1.53. The third-order valence-electron chi connectivity index (χ3n) is 1.90. The van der Waals surface area contributed by atoms with E-state index in [0.717, 1.165) is 6.42 Å². The van der Waals surface area contributed by atoms with Gasteiger partial charge in [-0.3, -0.25) is 0 Å². The van der Waals surface area contributed by atoms with E-state index in [9.17, 15) is 9.90 Å². The molecule has 84 valence electrons. The second-order valence-corrected chi connectivity index (χ2v) is 4.18. The van der Waals surface area contributed by atoms with Gasteiger partial charge >= 0.3 is 5.97 Å². The largest absolute Gasteiger partial charge is 0.475 e. The maximum Gasteiger partial charge on any atom is 0.371 e. The number of aromatic carboxylic acids is 1. The number of carbonyl (C=O) groups is 1. The zero-order valence-electron chi connectivity index (χ0n) is 8.47. The van der Waals surface area contributed by atoms with Crippen LogP contribution in [0.2, 0.25) is 0 Å². The summed E-state index contributed by atoms with van der Waals surface area (Å²) in [7, 11) is 0. The molecule has 0 aliphatic rings. The molecule has 0 saturated carbocycles. The number of furan rings is 1. The predicted molar refractivity (Wildman–Crippen MR) is 58.1 cm³/mol. The Morgan fingerprint density at radius 2 is 2.33 bits per heavy atom. The van der Waals surface area contributed by atoms with E-state index >= 15 is 0 Å². The molecule has 1 unspecified atom stereocenters. The van der Waals surface area contributed by atoms with E-state index in [1.807, 2.05) is 6.92 Å². The zero-order chi connectivity index (χ0) is 11.3. The third kappa shape index (κ3) is 3.97. The molecule has 0 amide bonds. The molecule has 1 aromatic rings. The molecule has 0 aromatic carbocycles. The van der Waals surface area contributed by atoms with Crippen molar-refractivity contribution >= 4 is 17.7 Å². The van der Waals surface area contributed by atoms with E-state index in [2.05, 4.69) is 0 Å². The van der Waals surface area contributed by atoms with Crippen LogP contribution in [-0.4, -0.2) is 28.0 Å². The Balaban J connectivity index is 2.35. The lowest BCUT2D eigenvalue weighted by atomic mass is 10.3. The summed E-state index contributed by atoms with van der Waals surface area (Å²) in [4.78, 5) is 10.5. The van der Waals surface area contributed by atoms with Gasteiger partial charge in [-0.2, -0.15) is 11.8 Å². The molecule has 0 aliphatic carbocycles. The molecule has 4 nitrogen and oxygen atoms in total. The monoisotopic (exact) mass is 230 g/mol. The van der Waals surface area contributed by atoms with Crippen LogP contribution in [-0.2, 0) is 5.75 Å². The molecule has 0 spiro atoms. The summed E-state index contributed by atoms with van der Waals surface area (Å²) in [6, 6.07) is 3.09. The number of aliphatic hydroxyl groups is 1. The van der Waals surface area contributed by atoms with Gasteiger partial charge in [-0.1, -0.05) is 6.92 Å². The van der Waals surface area contributed by atoms with Gasteiger partial charge in [0.15, 0.2) is 0 Å². The van der Waals surface area contributed by atoms with E-state index < -0.39 is 5.97 Å². The Bertz CT molecular complexity index is 321. The number of carboxylic acid groups (broad SMARTS) is 1. The van der Waals surface area contributed by atoms with Crippen LogP contribution in [0.15, 0.2) is 16.5 Å². The summed E-state index contributed by atoms with van der Waals surface area (Å²) in [5, 5.41) is 17.9. The number of carboxylic acids is 1. The first-order chi connectivity index (χ1) is 7.13. The van der Waals surface area contributed by atoms with Crippen molar-refractivity contribution in [3.05, 3.63) is 23.7 Å². The number of rotatable bonds is 6. The molecular weight excluding hydrogens is 216 g/mol. The van der Waals surface area contributed by atoms with Crippen molar-refractivity contribution in [3.8, 4) is 0 Å². The van der Waals surface area contributed by atoms with E-state index in [0.29, 0.717) is 17.3 Å². The standard InChI is InChI=1S/C10H14O4S/c1-2-7(11)5-15-6-8-3-4-9(14-8)10(12)13/h3-4,7,11H,2,5-6H2,1H3,(H,12,13). The Labute approximate surface area is 92.3 Å². The zero-order valence-corrected chi connectivity index (χ0v) is 9.29. The van der Waals surface area contributed by atoms with Crippen LogP contribution in [0.5, 0.6) is 0 Å². The van der Waals surface area contributed by atoms with Crippen LogP contribution in [0.4, 0.5) is 0 Å². The minimum Gasteiger partial charge on any atom is -0.475 e. The van der Waals surface area contributed by atoms with Crippen LogP contribution < -0.4 is 0 Å². The third-order valence-corrected chi connectivity index (χ3v) is 3.01. The predicted octanol–water partition coefficient (Wildman–Crippen LogP) is 1.98. The first-order valence-corrected chi connectivity index (χ1v) is 5.86. The molecule has 1 heterocycles. The second-order valence-electron chi connectivity index (χ2n) is 3.15. The van der Waals surface area contributed by atoms with Gasteiger partial charge < -0.3 is 14.6 Å². The molecule has 1 aromatic heterocycles. The highest BCUT2D eigenvalue weighted by Gasteiger charge is 2.09. The van der Waals surface area contributed by atoms with Crippen LogP contribution in [0.1, 0.15) is 29.7 Å². The van der Waals surface area contributed by atoms with Crippen molar-refractivity contribution in [1.29, 1.82) is 0 Å². The first kappa shape index (κ1) is 12.1. The van der Waals surface area contributed by atoms with Crippen molar-refractivity contribution in [2.75, 3.05) is 5.75 Å². The molecule has 0 aliphatic heterocycles. The summed E-state index contributed by atoms with van der Waals surface area (Å²) in [6.07, 6.45) is 0.426. The van der Waals surface area contributed by atoms with Crippen molar-refractivity contribution in [2.24, 2.45) is 0 Å². The smallest absolute Gasteiger partial charge is 0.371 e. The number of thioether (sulfide) groups is 1. The fourth-order valence-electron chi connectivity index (χ4n) is 0.984. The van der Waals surface area contributed by atoms with Crippen LogP contribution in [0.25, 0.3) is 0 Å². The van der Waals surface area contributed by atoms with Crippen molar-refractivity contribution in [2.45, 2.75) is 25.2 Å². The molecule has 0 saturated heterocycles. The molecule has 2 N–H and O–H groups in total. The summed E-state index contributed by atoms with van der Waals surface area (Å²) in [6.45, 7) is 1.92. The quantitative estimate of drug-likeness (QED) is 0.782. The highest BCUT2D eigenvalue weighted by molar-refractivity contribution is 7.98. The van der Waals surface area contributed by atoms with Crippen LogP contribution in [0.3, 0.4) is 0 Å². The molecule has 5 heteroatoms. The topological polar surface area (TPSA) is 70.7 Å². The molecule has 15 heavy (non-hydrogen) atoms. The van der Waals surface area contributed by atoms with Gasteiger partial charge in [0.05, 0.1) is 11.9 Å². The molecule has 1 atom stereocenters. The molecule has 1 rings (SSSR count). The normalized spacial score (nSPS) is 12.7. The van der Waals surface area contributed by atoms with Gasteiger partial charge in [-0.25, -0.2) is 4.79 Å². The average Bonchev–Trinajstić information content (AvgIpc) is 2.66. The molecule has 0 radical (unpaired) electrons. The Morgan fingerprint density at radius 3 is 2.87 bits per heavy atom. The molecule has 0 bridgehead atoms. The van der Waals surface area contributed by atoms with E-state index in [-0.39, 0.29) is 11.9 Å². The minimum atomic E-state index is -1.06. The van der Waals surface area contributed by atoms with E-state index in [1.54, 1.807) is 6.07 Å². The Kier molecular flexibility index (Phi) is 4.71. The van der Waals surface area contributed by atoms with Gasteiger partial charge in [-0.05, 0) is 18.6 Å². The lowest BCUT2D eigenvalue weighted by Crippen LogP contribution is -2.07. The lowest BCUT2D eigenvalue weighted by Gasteiger charge is -2.05. The Morgan fingerprint density at radius 1 is 1.60 bits per heavy atom. The van der Waals surface area contributed by atoms with Gasteiger partial charge in [0, 0.05) is 5.75 Å². The highest BCUT2D eigenvalue weighted by Crippen LogP contribution is 2.16. The van der Waals surface area contributed by atoms with Gasteiger partial charge in [0.25, 0.3) is 0 Å². The lowest BCUT2D eigenvalue weighted by molar-refractivity contribution is 0.0661. The summed E-state index contributed by atoms with van der Waals surface area (Å²) in [5.41, 5.74) is 0. The fraction of sp³-hybridized carbons (Fsp3) is 0.500. The summed E-state index contributed by atoms with van der Waals surface area (Å²) < 4.78 is 5.06. The average molecular weight is 230 g/mol. The van der Waals surface area contributed by atoms with Gasteiger partial charge in [0.1, 0.15) is 5.76 Å². The first-order valence-electron chi connectivity index (χ1n) is 4.71. The fourth-order valence-corrected chi connectivity index (χ4v) is 1.97. The van der Waals surface area contributed by atoms with Gasteiger partial charge in [0.2, 0.25) is 5.76 Å². The highest BCUT2D eigenvalue weighted by atomic mass is 32.2. The van der Waals surface area contributed by atoms with Crippen LogP contribution in [0, 0.1) is 0 Å². The maximum atomic E-state index is 10.5. The van der Waals surface area contributed by atoms with E-state index in [1.165, 1.54) is 17.8 Å². The maximum absolute atomic E-state index is 10.5. The van der Waals surface area contributed by atoms with Crippen molar-refractivity contribution in [3.63, 3.8) is 0 Å². The minimum absolute atomic E-state index is 0.0401. The van der Waals surface area contributed by atoms with E-state index in [4.69, 9.17) is 9.52 Å². The Hall–Kier alpha value is -0.940. The van der Waals surface area contributed by atoms with Crippen LogP contribution >= 0.6 is 11.8 Å². The molecule has 0 fully saturated rings. The number of hydrogen-bond acceptors (Lipinski definition) is 4. The van der Waals surface area contributed by atoms with Gasteiger partial charge in [-0.15, -0.1) is 0 Å². The number of aliphatic hydroxyl groups excluding tert-OH is 1. The number of hydrogen-bond donors (Lipinski definition) is 2.